The number of hydrogen-bond acceptors (Lipinski definition) is 2. The van der Waals surface area contributed by atoms with Crippen LogP contribution < -0.4 is 5.32 Å². The minimum Gasteiger partial charge on any atom is -0.469 e. The van der Waals surface area contributed by atoms with Crippen molar-refractivity contribution < 1.29 is 8.81 Å². The molecule has 1 atom stereocenters. The average molecular weight is 340 g/mol. The van der Waals surface area contributed by atoms with Gasteiger partial charge in [-0.25, -0.2) is 4.39 Å². The van der Waals surface area contributed by atoms with Crippen LogP contribution in [0.4, 0.5) is 4.39 Å². The number of nitrogens with one attached hydrogen (secondary N) is 1. The molecule has 0 saturated heterocycles. The molecular weight excluding hydrogens is 321 g/mol. The van der Waals surface area contributed by atoms with Crippen LogP contribution in [0.1, 0.15) is 36.3 Å². The molecule has 1 aromatic heterocycles. The molecule has 4 heteroatoms. The largest absolute Gasteiger partial charge is 0.469 e. The van der Waals surface area contributed by atoms with Crippen LogP contribution in [-0.2, 0) is 6.42 Å². The van der Waals surface area contributed by atoms with Crippen molar-refractivity contribution in [3.8, 4) is 0 Å². The molecule has 2 rings (SSSR count). The molecule has 1 heterocycles. The van der Waals surface area contributed by atoms with Crippen LogP contribution in [0.25, 0.3) is 0 Å². The van der Waals surface area contributed by atoms with Gasteiger partial charge in [-0.3, -0.25) is 0 Å². The number of hydrogen-bond donors (Lipinski definition) is 1. The van der Waals surface area contributed by atoms with Crippen molar-refractivity contribution in [1.29, 1.82) is 0 Å². The zero-order valence-corrected chi connectivity index (χ0v) is 13.3. The molecule has 0 radical (unpaired) electrons. The van der Waals surface area contributed by atoms with Crippen LogP contribution in [0.3, 0.4) is 0 Å². The van der Waals surface area contributed by atoms with Gasteiger partial charge in [0.05, 0.1) is 6.26 Å². The van der Waals surface area contributed by atoms with E-state index in [4.69, 9.17) is 4.42 Å². The number of furan rings is 1. The zero-order chi connectivity index (χ0) is 14.5. The summed E-state index contributed by atoms with van der Waals surface area (Å²) in [5.74, 6) is 0.701. The summed E-state index contributed by atoms with van der Waals surface area (Å²) in [6.07, 6.45) is 3.47. The molecule has 0 aliphatic heterocycles. The Balaban J connectivity index is 2.23. The maximum Gasteiger partial charge on any atom is 0.123 e. The first-order valence-electron chi connectivity index (χ1n) is 6.83. The van der Waals surface area contributed by atoms with E-state index in [1.807, 2.05) is 13.0 Å². The Kier molecular flexibility index (Phi) is 5.38. The van der Waals surface area contributed by atoms with E-state index in [9.17, 15) is 4.39 Å². The summed E-state index contributed by atoms with van der Waals surface area (Å²) in [5.41, 5.74) is 2.09. The summed E-state index contributed by atoms with van der Waals surface area (Å²) in [5, 5.41) is 3.50. The molecule has 0 amide bonds. The van der Waals surface area contributed by atoms with E-state index in [1.54, 1.807) is 18.4 Å². The Bertz CT molecular complexity index is 567. The van der Waals surface area contributed by atoms with Crippen LogP contribution in [-0.4, -0.2) is 6.54 Å². The lowest BCUT2D eigenvalue weighted by molar-refractivity contribution is 0.493. The maximum atomic E-state index is 13.4. The molecule has 20 heavy (non-hydrogen) atoms. The quantitative estimate of drug-likeness (QED) is 0.819. The van der Waals surface area contributed by atoms with Crippen molar-refractivity contribution in [2.24, 2.45) is 0 Å². The monoisotopic (exact) mass is 339 g/mol. The summed E-state index contributed by atoms with van der Waals surface area (Å²) >= 11 is 3.49. The van der Waals surface area contributed by atoms with Gasteiger partial charge in [0.2, 0.25) is 0 Å². The Morgan fingerprint density at radius 2 is 2.15 bits per heavy atom. The molecule has 2 aromatic rings. The Morgan fingerprint density at radius 1 is 1.35 bits per heavy atom. The van der Waals surface area contributed by atoms with Crippen molar-refractivity contribution in [2.45, 2.75) is 32.7 Å². The lowest BCUT2D eigenvalue weighted by Crippen LogP contribution is -2.24. The Hall–Kier alpha value is -1.13. The van der Waals surface area contributed by atoms with Gasteiger partial charge >= 0.3 is 0 Å². The predicted molar refractivity (Wildman–Crippen MR) is 82.3 cm³/mol. The summed E-state index contributed by atoms with van der Waals surface area (Å²) < 4.78 is 19.7. The number of aryl methyl sites for hydroxylation is 1. The van der Waals surface area contributed by atoms with Gasteiger partial charge in [-0.1, -0.05) is 22.9 Å². The van der Waals surface area contributed by atoms with Gasteiger partial charge < -0.3 is 9.73 Å². The van der Waals surface area contributed by atoms with Gasteiger partial charge in [-0.2, -0.15) is 0 Å². The number of rotatable bonds is 6. The van der Waals surface area contributed by atoms with Crippen LogP contribution in [0.5, 0.6) is 0 Å². The molecule has 0 aliphatic carbocycles. The molecule has 1 aromatic carbocycles. The van der Waals surface area contributed by atoms with Crippen LogP contribution >= 0.6 is 15.9 Å². The predicted octanol–water partition coefficient (Wildman–Crippen LogP) is 4.77. The van der Waals surface area contributed by atoms with E-state index in [0.29, 0.717) is 0 Å². The zero-order valence-electron chi connectivity index (χ0n) is 11.7. The summed E-state index contributed by atoms with van der Waals surface area (Å²) in [4.78, 5) is 0. The highest BCUT2D eigenvalue weighted by atomic mass is 79.9. The SMILES string of the molecule is CCCNC(Cc1cc(F)ccc1Br)c1ccoc1C. The van der Waals surface area contributed by atoms with Crippen LogP contribution in [0, 0.1) is 12.7 Å². The molecule has 0 aliphatic rings. The van der Waals surface area contributed by atoms with Crippen molar-refractivity contribution in [3.63, 3.8) is 0 Å². The molecular formula is C16H19BrFNO. The number of benzene rings is 1. The maximum absolute atomic E-state index is 13.4. The minimum atomic E-state index is -0.207. The van der Waals surface area contributed by atoms with Gasteiger partial charge in [0.1, 0.15) is 11.6 Å². The highest BCUT2D eigenvalue weighted by molar-refractivity contribution is 9.10. The van der Waals surface area contributed by atoms with E-state index in [1.165, 1.54) is 6.07 Å². The summed E-state index contributed by atoms with van der Waals surface area (Å²) in [7, 11) is 0. The highest BCUT2D eigenvalue weighted by Gasteiger charge is 2.17. The van der Waals surface area contributed by atoms with Crippen molar-refractivity contribution >= 4 is 15.9 Å². The molecule has 2 nitrogen and oxygen atoms in total. The molecule has 0 spiro atoms. The minimum absolute atomic E-state index is 0.131. The van der Waals surface area contributed by atoms with Crippen LogP contribution in [0.15, 0.2) is 39.4 Å². The number of halogens is 2. The normalized spacial score (nSPS) is 12.6. The van der Waals surface area contributed by atoms with E-state index in [-0.39, 0.29) is 11.9 Å². The highest BCUT2D eigenvalue weighted by Crippen LogP contribution is 2.27. The molecule has 1 N–H and O–H groups in total. The van der Waals surface area contributed by atoms with Gasteiger partial charge in [-0.05, 0) is 56.1 Å². The third-order valence-corrected chi connectivity index (χ3v) is 4.12. The second-order valence-electron chi connectivity index (χ2n) is 4.88. The first-order chi connectivity index (χ1) is 9.61. The van der Waals surface area contributed by atoms with Crippen LogP contribution in [0.2, 0.25) is 0 Å². The smallest absolute Gasteiger partial charge is 0.123 e. The molecule has 0 bridgehead atoms. The fourth-order valence-corrected chi connectivity index (χ4v) is 2.70. The lowest BCUT2D eigenvalue weighted by atomic mass is 9.99. The van der Waals surface area contributed by atoms with Gasteiger partial charge in [0.25, 0.3) is 0 Å². The van der Waals surface area contributed by atoms with Crippen molar-refractivity contribution in [2.75, 3.05) is 6.54 Å². The summed E-state index contributed by atoms with van der Waals surface area (Å²) in [6, 6.07) is 6.91. The molecule has 1 unspecified atom stereocenters. The molecule has 0 fully saturated rings. The first-order valence-corrected chi connectivity index (χ1v) is 7.62. The lowest BCUT2D eigenvalue weighted by Gasteiger charge is -2.19. The topological polar surface area (TPSA) is 25.2 Å². The molecule has 0 saturated carbocycles. The Labute approximate surface area is 127 Å². The van der Waals surface area contributed by atoms with Gasteiger partial charge in [0, 0.05) is 16.1 Å². The Morgan fingerprint density at radius 3 is 2.80 bits per heavy atom. The molecule has 108 valence electrons. The average Bonchev–Trinajstić information content (AvgIpc) is 2.84. The second-order valence-corrected chi connectivity index (χ2v) is 5.73. The first kappa shape index (κ1) is 15.3. The fourth-order valence-electron chi connectivity index (χ4n) is 2.29. The van der Waals surface area contributed by atoms with Gasteiger partial charge in [-0.15, -0.1) is 0 Å². The second kappa shape index (κ2) is 7.04. The third-order valence-electron chi connectivity index (χ3n) is 3.35. The van der Waals surface area contributed by atoms with E-state index >= 15 is 0 Å². The van der Waals surface area contributed by atoms with Crippen molar-refractivity contribution in [3.05, 3.63) is 57.7 Å². The van der Waals surface area contributed by atoms with Gasteiger partial charge in [0.15, 0.2) is 0 Å². The van der Waals surface area contributed by atoms with E-state index < -0.39 is 0 Å². The summed E-state index contributed by atoms with van der Waals surface area (Å²) in [6.45, 7) is 5.00. The fraction of sp³-hybridized carbons (Fsp3) is 0.375. The third kappa shape index (κ3) is 3.70. The van der Waals surface area contributed by atoms with E-state index in [0.717, 1.165) is 40.7 Å². The standard InChI is InChI=1S/C16H19BrFNO/c1-3-7-19-16(14-6-8-20-11(14)2)10-12-9-13(18)4-5-15(12)17/h4-6,8-9,16,19H,3,7,10H2,1-2H3. The van der Waals surface area contributed by atoms with E-state index in [2.05, 4.69) is 28.2 Å². The van der Waals surface area contributed by atoms with Crippen molar-refractivity contribution in [1.82, 2.24) is 5.32 Å².